The van der Waals surface area contributed by atoms with Gasteiger partial charge in [-0.3, -0.25) is 14.6 Å². The van der Waals surface area contributed by atoms with Crippen molar-refractivity contribution in [2.75, 3.05) is 18.4 Å². The molecule has 1 saturated heterocycles. The lowest BCUT2D eigenvalue weighted by molar-refractivity contribution is -0.117. The van der Waals surface area contributed by atoms with E-state index >= 15 is 0 Å². The summed E-state index contributed by atoms with van der Waals surface area (Å²) < 4.78 is 19.2. The van der Waals surface area contributed by atoms with Crippen LogP contribution in [-0.2, 0) is 4.79 Å². The topological polar surface area (TPSA) is 132 Å². The van der Waals surface area contributed by atoms with Crippen molar-refractivity contribution in [3.05, 3.63) is 83.9 Å². The van der Waals surface area contributed by atoms with Crippen molar-refractivity contribution in [2.24, 2.45) is 11.8 Å². The van der Waals surface area contributed by atoms with Crippen molar-refractivity contribution in [1.29, 1.82) is 0 Å². The minimum absolute atomic E-state index is 0.0663. The first-order chi connectivity index (χ1) is 20.9. The normalized spacial score (nSPS) is 19.3. The molecule has 3 aromatic heterocycles. The van der Waals surface area contributed by atoms with Crippen molar-refractivity contribution < 1.29 is 18.4 Å². The Kier molecular flexibility index (Phi) is 6.88. The number of likely N-dealkylation sites (tertiary alicyclic amines) is 1. The van der Waals surface area contributed by atoms with Crippen molar-refractivity contribution in [3.8, 4) is 11.5 Å². The number of amides is 2. The van der Waals surface area contributed by atoms with E-state index in [0.29, 0.717) is 52.8 Å². The molecular weight excluding hydrogens is 551 g/mol. The molecule has 1 aliphatic carbocycles. The molecule has 2 aliphatic rings. The van der Waals surface area contributed by atoms with E-state index in [0.717, 1.165) is 18.4 Å². The fourth-order valence-electron chi connectivity index (χ4n) is 5.72. The van der Waals surface area contributed by atoms with E-state index < -0.39 is 12.1 Å². The third-order valence-corrected chi connectivity index (χ3v) is 8.12. The Morgan fingerprint density at radius 1 is 1.07 bits per heavy atom. The van der Waals surface area contributed by atoms with Gasteiger partial charge in [0.15, 0.2) is 11.4 Å². The lowest BCUT2D eigenvalue weighted by atomic mass is 9.85. The largest absolute Gasteiger partial charge is 0.436 e. The summed E-state index contributed by atoms with van der Waals surface area (Å²) in [6.07, 6.45) is 2.33. The van der Waals surface area contributed by atoms with E-state index in [1.807, 2.05) is 30.0 Å². The predicted molar refractivity (Wildman–Crippen MR) is 155 cm³/mol. The van der Waals surface area contributed by atoms with E-state index in [2.05, 4.69) is 42.8 Å². The number of nitrogens with one attached hydrogen (secondary N) is 1. The smallest absolute Gasteiger partial charge is 0.272 e. The number of hydrogen-bond donors (Lipinski definition) is 1. The number of fused-ring (bicyclic) bond motifs is 1. The summed E-state index contributed by atoms with van der Waals surface area (Å²) in [6, 6.07) is 18.6. The zero-order chi connectivity index (χ0) is 29.5. The summed E-state index contributed by atoms with van der Waals surface area (Å²) in [5, 5.41) is 15.6. The minimum atomic E-state index is -1.06. The van der Waals surface area contributed by atoms with Gasteiger partial charge in [-0.15, -0.1) is 10.2 Å². The van der Waals surface area contributed by atoms with E-state index in [1.165, 1.54) is 0 Å². The van der Waals surface area contributed by atoms with Crippen molar-refractivity contribution in [3.63, 3.8) is 0 Å². The van der Waals surface area contributed by atoms with E-state index in [4.69, 9.17) is 4.42 Å². The summed E-state index contributed by atoms with van der Waals surface area (Å²) in [6.45, 7) is 2.98. The number of anilines is 1. The summed E-state index contributed by atoms with van der Waals surface area (Å²) in [7, 11) is 0. The van der Waals surface area contributed by atoms with Gasteiger partial charge < -0.3 is 14.6 Å². The number of aromatic nitrogens is 6. The second-order valence-electron chi connectivity index (χ2n) is 11.1. The molecule has 0 radical (unpaired) electrons. The van der Waals surface area contributed by atoms with Gasteiger partial charge in [-0.25, -0.2) is 9.37 Å². The number of aryl methyl sites for hydroxylation is 1. The number of oxazole rings is 1. The van der Waals surface area contributed by atoms with Crippen LogP contribution in [0.15, 0.2) is 71.3 Å². The highest BCUT2D eigenvalue weighted by Gasteiger charge is 2.43. The van der Waals surface area contributed by atoms with Crippen LogP contribution in [0.3, 0.4) is 0 Å². The Morgan fingerprint density at radius 3 is 2.58 bits per heavy atom. The van der Waals surface area contributed by atoms with Gasteiger partial charge >= 0.3 is 0 Å². The monoisotopic (exact) mass is 580 g/mol. The molecule has 43 heavy (non-hydrogen) atoms. The molecule has 1 saturated carbocycles. The lowest BCUT2D eigenvalue weighted by Gasteiger charge is -2.35. The number of alkyl halides is 1. The predicted octanol–water partition coefficient (Wildman–Crippen LogP) is 4.62. The van der Waals surface area contributed by atoms with Crippen LogP contribution in [0.2, 0.25) is 0 Å². The standard InChI is InChI=1S/C31H29FN8O3/c1-18-36-38-40(37-18)28(19-5-3-2-4-6-19)20-10-13-39(14-11-20)31(42)26-15-21(9-12-33-26)30-35-25-16-22(7-8-27(25)43-30)34-29(41)23-17-24(23)32/h2-9,12,15-16,20,23-24,28H,10-11,13-14,17H2,1H3,(H,34,41)/t23-,24-,28?/m1/s1. The number of carbonyl (C=O) groups is 2. The third kappa shape index (κ3) is 5.47. The molecule has 2 amide bonds. The average molecular weight is 581 g/mol. The molecule has 0 spiro atoms. The van der Waals surface area contributed by atoms with Gasteiger partial charge in [0.05, 0.1) is 5.92 Å². The number of hydrogen-bond acceptors (Lipinski definition) is 8. The number of pyridine rings is 1. The molecule has 0 bridgehead atoms. The van der Waals surface area contributed by atoms with Gasteiger partial charge in [-0.05, 0) is 73.2 Å². The maximum Gasteiger partial charge on any atom is 0.272 e. The molecule has 5 aromatic rings. The number of piperidine rings is 1. The molecule has 12 heteroatoms. The van der Waals surface area contributed by atoms with Crippen LogP contribution in [0.1, 0.15) is 47.2 Å². The van der Waals surface area contributed by atoms with E-state index in [1.54, 1.807) is 41.3 Å². The number of tetrazole rings is 1. The fraction of sp³-hybridized carbons (Fsp3) is 0.323. The zero-order valence-electron chi connectivity index (χ0n) is 23.4. The first-order valence-corrected chi connectivity index (χ1v) is 14.4. The maximum atomic E-state index is 13.5. The highest BCUT2D eigenvalue weighted by atomic mass is 19.1. The number of carbonyl (C=O) groups excluding carboxylic acids is 2. The molecule has 2 fully saturated rings. The second-order valence-corrected chi connectivity index (χ2v) is 11.1. The highest BCUT2D eigenvalue weighted by Crippen LogP contribution is 2.36. The number of nitrogens with zero attached hydrogens (tertiary/aromatic N) is 7. The summed E-state index contributed by atoms with van der Waals surface area (Å²) >= 11 is 0. The Balaban J connectivity index is 1.05. The summed E-state index contributed by atoms with van der Waals surface area (Å²) in [5.41, 5.74) is 3.63. The molecule has 1 N–H and O–H groups in total. The van der Waals surface area contributed by atoms with Crippen LogP contribution in [-0.4, -0.2) is 66.2 Å². The van der Waals surface area contributed by atoms with Gasteiger partial charge in [-0.2, -0.15) is 4.80 Å². The quantitative estimate of drug-likeness (QED) is 0.295. The maximum absolute atomic E-state index is 13.5. The fourth-order valence-corrected chi connectivity index (χ4v) is 5.72. The van der Waals surface area contributed by atoms with Crippen molar-refractivity contribution in [2.45, 2.75) is 38.4 Å². The molecule has 3 atom stereocenters. The SMILES string of the molecule is Cc1nnn(C(c2ccccc2)C2CCN(C(=O)c3cc(-c4nc5cc(NC(=O)[C@@H]6C[C@H]6F)ccc5o4)ccn3)CC2)n1. The van der Waals surface area contributed by atoms with Gasteiger partial charge in [0.1, 0.15) is 23.4 Å². The molecule has 11 nitrogen and oxygen atoms in total. The molecular formula is C31H29FN8O3. The minimum Gasteiger partial charge on any atom is -0.436 e. The van der Waals surface area contributed by atoms with Crippen LogP contribution in [0, 0.1) is 18.8 Å². The molecule has 7 rings (SSSR count). The third-order valence-electron chi connectivity index (χ3n) is 8.12. The summed E-state index contributed by atoms with van der Waals surface area (Å²) in [4.78, 5) is 38.1. The number of rotatable bonds is 7. The van der Waals surface area contributed by atoms with Gasteiger partial charge in [0.2, 0.25) is 11.8 Å². The number of halogens is 1. The molecule has 218 valence electrons. The van der Waals surface area contributed by atoms with Gasteiger partial charge in [-0.1, -0.05) is 30.3 Å². The van der Waals surface area contributed by atoms with Crippen LogP contribution in [0.4, 0.5) is 10.1 Å². The van der Waals surface area contributed by atoms with Crippen LogP contribution < -0.4 is 5.32 Å². The van der Waals surface area contributed by atoms with Crippen LogP contribution >= 0.6 is 0 Å². The Hall–Kier alpha value is -5.00. The van der Waals surface area contributed by atoms with E-state index in [9.17, 15) is 14.0 Å². The van der Waals surface area contributed by atoms with Crippen molar-refractivity contribution in [1.82, 2.24) is 35.1 Å². The van der Waals surface area contributed by atoms with Gasteiger partial charge in [0, 0.05) is 30.5 Å². The Bertz CT molecular complexity index is 1800. The zero-order valence-corrected chi connectivity index (χ0v) is 23.4. The van der Waals surface area contributed by atoms with E-state index in [-0.39, 0.29) is 30.2 Å². The Morgan fingerprint density at radius 2 is 1.86 bits per heavy atom. The Labute approximate surface area is 246 Å². The first kappa shape index (κ1) is 26.9. The highest BCUT2D eigenvalue weighted by molar-refractivity contribution is 5.96. The lowest BCUT2D eigenvalue weighted by Crippen LogP contribution is -2.41. The van der Waals surface area contributed by atoms with Crippen LogP contribution in [0.5, 0.6) is 0 Å². The average Bonchev–Trinajstić information content (AvgIpc) is 3.39. The van der Waals surface area contributed by atoms with Crippen molar-refractivity contribution >= 4 is 28.6 Å². The molecule has 1 unspecified atom stereocenters. The molecule has 2 aromatic carbocycles. The summed E-state index contributed by atoms with van der Waals surface area (Å²) in [5.74, 6) is 0.117. The second kappa shape index (κ2) is 11.0. The molecule has 4 heterocycles. The number of benzene rings is 2. The van der Waals surface area contributed by atoms with Crippen LogP contribution in [0.25, 0.3) is 22.6 Å². The first-order valence-electron chi connectivity index (χ1n) is 14.4. The molecule has 1 aliphatic heterocycles. The van der Waals surface area contributed by atoms with Gasteiger partial charge in [0.25, 0.3) is 5.91 Å².